The zero-order valence-electron chi connectivity index (χ0n) is 14.5. The molecule has 1 amide bonds. The van der Waals surface area contributed by atoms with E-state index in [-0.39, 0.29) is 17.6 Å². The van der Waals surface area contributed by atoms with E-state index in [1.807, 2.05) is 6.92 Å². The predicted molar refractivity (Wildman–Crippen MR) is 88.0 cm³/mol. The summed E-state index contributed by atoms with van der Waals surface area (Å²) < 4.78 is 24.8. The van der Waals surface area contributed by atoms with Crippen LogP contribution in [0.1, 0.15) is 44.9 Å². The van der Waals surface area contributed by atoms with Gasteiger partial charge in [0.25, 0.3) is 0 Å². The van der Waals surface area contributed by atoms with E-state index >= 15 is 0 Å². The van der Waals surface area contributed by atoms with Gasteiger partial charge in [0.1, 0.15) is 6.17 Å². The summed E-state index contributed by atoms with van der Waals surface area (Å²) in [7, 11) is 0. The fraction of sp³-hybridized carbons (Fsp3) is 0.824. The number of nitrogens with one attached hydrogen (secondary N) is 1. The van der Waals surface area contributed by atoms with E-state index in [1.165, 1.54) is 0 Å². The minimum Gasteiger partial charge on any atom is -0.408 e. The quantitative estimate of drug-likeness (QED) is 0.887. The van der Waals surface area contributed by atoms with Crippen molar-refractivity contribution >= 4 is 11.9 Å². The molecular weight excluding hydrogens is 327 g/mol. The van der Waals surface area contributed by atoms with Crippen LogP contribution in [0.2, 0.25) is 0 Å². The van der Waals surface area contributed by atoms with Crippen LogP contribution in [-0.2, 0) is 16.0 Å². The Balaban J connectivity index is 1.32. The molecule has 1 aromatic rings. The number of hydrogen-bond donors (Lipinski definition) is 1. The van der Waals surface area contributed by atoms with Crippen LogP contribution in [0.15, 0.2) is 4.42 Å². The number of piperidine rings is 1. The summed E-state index contributed by atoms with van der Waals surface area (Å²) in [5.41, 5.74) is -0.209. The average molecular weight is 352 g/mol. The first kappa shape index (κ1) is 16.8. The van der Waals surface area contributed by atoms with Gasteiger partial charge in [-0.1, -0.05) is 12.0 Å². The second kappa shape index (κ2) is 6.55. The SMILES string of the molecule is CCc1nnc(N2CCC3(CC2)CC(NC(=O)C2CC2F)CCO3)o1. The van der Waals surface area contributed by atoms with Crippen molar-refractivity contribution in [2.75, 3.05) is 24.6 Å². The predicted octanol–water partition coefficient (Wildman–Crippen LogP) is 1.62. The Morgan fingerprint density at radius 3 is 2.80 bits per heavy atom. The molecule has 0 bridgehead atoms. The minimum atomic E-state index is -0.945. The molecule has 1 aliphatic carbocycles. The molecular formula is C17H25FN4O3. The molecule has 7 nitrogen and oxygen atoms in total. The van der Waals surface area contributed by atoms with Crippen molar-refractivity contribution in [3.63, 3.8) is 0 Å². The van der Waals surface area contributed by atoms with Crippen LogP contribution in [0.5, 0.6) is 0 Å². The Bertz CT molecular complexity index is 629. The third-order valence-electron chi connectivity index (χ3n) is 5.59. The molecule has 0 aromatic carbocycles. The maximum absolute atomic E-state index is 13.0. The van der Waals surface area contributed by atoms with Gasteiger partial charge in [0.05, 0.1) is 11.5 Å². The van der Waals surface area contributed by atoms with Gasteiger partial charge in [-0.25, -0.2) is 4.39 Å². The first-order chi connectivity index (χ1) is 12.1. The molecule has 1 aromatic heterocycles. The molecule has 3 heterocycles. The highest BCUT2D eigenvalue weighted by Gasteiger charge is 2.46. The maximum atomic E-state index is 13.0. The van der Waals surface area contributed by atoms with Crippen molar-refractivity contribution in [3.8, 4) is 0 Å². The molecule has 3 fully saturated rings. The molecule has 1 spiro atoms. The standard InChI is InChI=1S/C17H25FN4O3/c1-2-14-20-21-16(25-14)22-6-4-17(5-7-22)10-11(3-8-24-17)19-15(23)12-9-13(12)18/h11-13H,2-10H2,1H3,(H,19,23). The lowest BCUT2D eigenvalue weighted by Gasteiger charge is -2.45. The largest absolute Gasteiger partial charge is 0.408 e. The van der Waals surface area contributed by atoms with Crippen LogP contribution in [0, 0.1) is 5.92 Å². The Morgan fingerprint density at radius 1 is 1.40 bits per heavy atom. The number of carbonyl (C=O) groups is 1. The Kier molecular flexibility index (Phi) is 4.39. The van der Waals surface area contributed by atoms with Crippen LogP contribution < -0.4 is 10.2 Å². The fourth-order valence-corrected chi connectivity index (χ4v) is 3.86. The van der Waals surface area contributed by atoms with Crippen LogP contribution >= 0.6 is 0 Å². The van der Waals surface area contributed by atoms with E-state index in [0.717, 1.165) is 45.2 Å². The summed E-state index contributed by atoms with van der Waals surface area (Å²) in [6, 6.07) is 0.658. The summed E-state index contributed by atoms with van der Waals surface area (Å²) in [5, 5.41) is 11.2. The number of halogens is 1. The van der Waals surface area contributed by atoms with Gasteiger partial charge >= 0.3 is 6.01 Å². The van der Waals surface area contributed by atoms with Crippen LogP contribution in [0.4, 0.5) is 10.4 Å². The van der Waals surface area contributed by atoms with Gasteiger partial charge in [-0.3, -0.25) is 4.79 Å². The summed E-state index contributed by atoms with van der Waals surface area (Å²) in [6.45, 7) is 4.21. The Morgan fingerprint density at radius 2 is 2.16 bits per heavy atom. The van der Waals surface area contributed by atoms with Crippen molar-refractivity contribution < 1.29 is 18.3 Å². The lowest BCUT2D eigenvalue weighted by Crippen LogP contribution is -2.54. The highest BCUT2D eigenvalue weighted by molar-refractivity contribution is 5.82. The van der Waals surface area contributed by atoms with E-state index in [9.17, 15) is 9.18 Å². The zero-order valence-corrected chi connectivity index (χ0v) is 14.5. The maximum Gasteiger partial charge on any atom is 0.318 e. The van der Waals surface area contributed by atoms with Gasteiger partial charge in [-0.2, -0.15) is 0 Å². The van der Waals surface area contributed by atoms with E-state index < -0.39 is 12.1 Å². The number of ether oxygens (including phenoxy) is 1. The molecule has 0 radical (unpaired) electrons. The molecule has 1 N–H and O–H groups in total. The third-order valence-corrected chi connectivity index (χ3v) is 5.59. The van der Waals surface area contributed by atoms with Crippen molar-refractivity contribution in [1.82, 2.24) is 15.5 Å². The third kappa shape index (κ3) is 3.49. The fourth-order valence-electron chi connectivity index (χ4n) is 3.86. The highest BCUT2D eigenvalue weighted by atomic mass is 19.1. The molecule has 25 heavy (non-hydrogen) atoms. The average Bonchev–Trinajstić information content (AvgIpc) is 3.16. The number of alkyl halides is 1. The van der Waals surface area contributed by atoms with Crippen molar-refractivity contribution in [3.05, 3.63) is 5.89 Å². The Labute approximate surface area is 146 Å². The number of aromatic nitrogens is 2. The number of aryl methyl sites for hydroxylation is 1. The molecule has 138 valence electrons. The van der Waals surface area contributed by atoms with E-state index in [1.54, 1.807) is 0 Å². The van der Waals surface area contributed by atoms with Gasteiger partial charge in [-0.15, -0.1) is 5.10 Å². The number of carbonyl (C=O) groups excluding carboxylic acids is 1. The second-order valence-corrected chi connectivity index (χ2v) is 7.41. The molecule has 3 atom stereocenters. The Hall–Kier alpha value is -1.70. The number of hydrogen-bond acceptors (Lipinski definition) is 6. The van der Waals surface area contributed by atoms with Crippen LogP contribution in [0.25, 0.3) is 0 Å². The molecule has 3 aliphatic rings. The van der Waals surface area contributed by atoms with Crippen molar-refractivity contribution in [1.29, 1.82) is 0 Å². The highest BCUT2D eigenvalue weighted by Crippen LogP contribution is 2.37. The van der Waals surface area contributed by atoms with Crippen LogP contribution in [-0.4, -0.2) is 53.6 Å². The summed E-state index contributed by atoms with van der Waals surface area (Å²) in [6.07, 6.45) is 3.47. The number of nitrogens with zero attached hydrogens (tertiary/aromatic N) is 3. The van der Waals surface area contributed by atoms with Gasteiger partial charge in [0.15, 0.2) is 0 Å². The summed E-state index contributed by atoms with van der Waals surface area (Å²) in [4.78, 5) is 14.1. The second-order valence-electron chi connectivity index (χ2n) is 7.41. The lowest BCUT2D eigenvalue weighted by atomic mass is 9.82. The molecule has 2 aliphatic heterocycles. The summed E-state index contributed by atoms with van der Waals surface area (Å²) >= 11 is 0. The molecule has 8 heteroatoms. The van der Waals surface area contributed by atoms with Gasteiger partial charge in [-0.05, 0) is 32.1 Å². The topological polar surface area (TPSA) is 80.5 Å². The first-order valence-electron chi connectivity index (χ1n) is 9.24. The smallest absolute Gasteiger partial charge is 0.318 e. The van der Waals surface area contributed by atoms with Crippen molar-refractivity contribution in [2.24, 2.45) is 5.92 Å². The monoisotopic (exact) mass is 352 g/mol. The van der Waals surface area contributed by atoms with Crippen LogP contribution in [0.3, 0.4) is 0 Å². The molecule has 4 rings (SSSR count). The van der Waals surface area contributed by atoms with Gasteiger partial charge < -0.3 is 19.4 Å². The van der Waals surface area contributed by atoms with Gasteiger partial charge in [0, 0.05) is 32.2 Å². The molecule has 3 unspecified atom stereocenters. The van der Waals surface area contributed by atoms with E-state index in [2.05, 4.69) is 20.4 Å². The molecule has 1 saturated carbocycles. The van der Waals surface area contributed by atoms with Gasteiger partial charge in [0.2, 0.25) is 11.8 Å². The molecule has 2 saturated heterocycles. The minimum absolute atomic E-state index is 0.0794. The van der Waals surface area contributed by atoms with E-state index in [0.29, 0.717) is 24.9 Å². The lowest BCUT2D eigenvalue weighted by molar-refractivity contribution is -0.128. The first-order valence-corrected chi connectivity index (χ1v) is 9.24. The summed E-state index contributed by atoms with van der Waals surface area (Å²) in [5.74, 6) is 0.0918. The normalized spacial score (nSPS) is 31.1. The number of rotatable bonds is 4. The van der Waals surface area contributed by atoms with E-state index in [4.69, 9.17) is 9.15 Å². The van der Waals surface area contributed by atoms with Crippen molar-refractivity contribution in [2.45, 2.75) is 63.3 Å². The number of anilines is 1. The zero-order chi connectivity index (χ0) is 17.4. The number of amides is 1.